The number of rotatable bonds is 1. The zero-order valence-corrected chi connectivity index (χ0v) is 8.41. The molecule has 0 unspecified atom stereocenters. The summed E-state index contributed by atoms with van der Waals surface area (Å²) in [5.41, 5.74) is 0. The van der Waals surface area contributed by atoms with Crippen LogP contribution in [0.5, 0.6) is 0 Å². The summed E-state index contributed by atoms with van der Waals surface area (Å²) in [5.74, 6) is 1.09. The molecule has 1 aliphatic rings. The first kappa shape index (κ1) is 8.81. The van der Waals surface area contributed by atoms with E-state index in [9.17, 15) is 0 Å². The van der Waals surface area contributed by atoms with Crippen molar-refractivity contribution in [2.45, 2.75) is 18.2 Å². The van der Waals surface area contributed by atoms with Crippen LogP contribution in [0.2, 0.25) is 0 Å². The van der Waals surface area contributed by atoms with E-state index >= 15 is 0 Å². The fourth-order valence-electron chi connectivity index (χ4n) is 1.65. The van der Waals surface area contributed by atoms with E-state index in [-0.39, 0.29) is 0 Å². The van der Waals surface area contributed by atoms with Gasteiger partial charge in [-0.25, -0.2) is 4.68 Å². The fourth-order valence-corrected chi connectivity index (χ4v) is 1.84. The summed E-state index contributed by atoms with van der Waals surface area (Å²) in [4.78, 5) is 2.28. The summed E-state index contributed by atoms with van der Waals surface area (Å²) in [6.07, 6.45) is 3.90. The Labute approximate surface area is 82.5 Å². The molecule has 0 radical (unpaired) electrons. The quantitative estimate of drug-likeness (QED) is 0.635. The fraction of sp³-hybridized carbons (Fsp3) is 0.750. The lowest BCUT2D eigenvalue weighted by atomic mass is 10.1. The van der Waals surface area contributed by atoms with Crippen LogP contribution in [0.4, 0.5) is 5.82 Å². The Kier molecular flexibility index (Phi) is 2.40. The Balaban J connectivity index is 2.06. The van der Waals surface area contributed by atoms with E-state index in [0.717, 1.165) is 31.7 Å². The van der Waals surface area contributed by atoms with Gasteiger partial charge in [-0.05, 0) is 12.8 Å². The third kappa shape index (κ3) is 1.77. The average molecular weight is 201 g/mol. The summed E-state index contributed by atoms with van der Waals surface area (Å²) in [6.45, 7) is 2.02. The first-order valence-corrected chi connectivity index (χ1v) is 4.94. The summed E-state index contributed by atoms with van der Waals surface area (Å²) >= 11 is 6.02. The maximum absolute atomic E-state index is 6.02. The van der Waals surface area contributed by atoms with Gasteiger partial charge in [0.05, 0.1) is 6.20 Å². The molecule has 0 atom stereocenters. The smallest absolute Gasteiger partial charge is 0.147 e. The van der Waals surface area contributed by atoms with Crippen LogP contribution in [0, 0.1) is 0 Å². The molecular formula is C8H13ClN4. The van der Waals surface area contributed by atoms with Crippen LogP contribution in [0.3, 0.4) is 0 Å². The lowest BCUT2D eigenvalue weighted by Gasteiger charge is -2.30. The highest BCUT2D eigenvalue weighted by Crippen LogP contribution is 2.20. The van der Waals surface area contributed by atoms with Crippen molar-refractivity contribution in [1.82, 2.24) is 15.0 Å². The van der Waals surface area contributed by atoms with Gasteiger partial charge in [-0.1, -0.05) is 5.21 Å². The number of piperidine rings is 1. The number of halogens is 1. The van der Waals surface area contributed by atoms with Crippen LogP contribution >= 0.6 is 11.6 Å². The molecule has 72 valence electrons. The lowest BCUT2D eigenvalue weighted by Crippen LogP contribution is -2.35. The second kappa shape index (κ2) is 3.54. The molecule has 0 saturated carbocycles. The molecular weight excluding hydrogens is 188 g/mol. The van der Waals surface area contributed by atoms with Gasteiger partial charge in [0.25, 0.3) is 0 Å². The summed E-state index contributed by atoms with van der Waals surface area (Å²) in [7, 11) is 1.91. The minimum absolute atomic E-state index is 0.345. The predicted octanol–water partition coefficient (Wildman–Crippen LogP) is 1.02. The van der Waals surface area contributed by atoms with E-state index in [1.54, 1.807) is 10.9 Å². The van der Waals surface area contributed by atoms with Crippen molar-refractivity contribution in [3.8, 4) is 0 Å². The van der Waals surface area contributed by atoms with E-state index in [1.165, 1.54) is 0 Å². The first-order chi connectivity index (χ1) is 6.27. The molecule has 0 aliphatic carbocycles. The molecule has 1 aromatic rings. The molecule has 13 heavy (non-hydrogen) atoms. The Bertz CT molecular complexity index is 277. The van der Waals surface area contributed by atoms with E-state index in [2.05, 4.69) is 15.2 Å². The molecule has 1 aromatic heterocycles. The van der Waals surface area contributed by atoms with Gasteiger partial charge in [0, 0.05) is 25.5 Å². The van der Waals surface area contributed by atoms with Gasteiger partial charge in [0.1, 0.15) is 5.82 Å². The van der Waals surface area contributed by atoms with Gasteiger partial charge in [-0.2, -0.15) is 0 Å². The molecule has 0 spiro atoms. The van der Waals surface area contributed by atoms with Crippen LogP contribution in [-0.2, 0) is 7.05 Å². The van der Waals surface area contributed by atoms with Gasteiger partial charge < -0.3 is 4.90 Å². The van der Waals surface area contributed by atoms with Crippen LogP contribution in [0.15, 0.2) is 6.20 Å². The molecule has 0 aromatic carbocycles. The number of aryl methyl sites for hydroxylation is 1. The molecule has 1 aliphatic heterocycles. The normalized spacial score (nSPS) is 19.4. The van der Waals surface area contributed by atoms with E-state index < -0.39 is 0 Å². The summed E-state index contributed by atoms with van der Waals surface area (Å²) in [6, 6.07) is 0. The number of hydrogen-bond donors (Lipinski definition) is 0. The van der Waals surface area contributed by atoms with Gasteiger partial charge in [0.2, 0.25) is 0 Å². The second-order valence-corrected chi connectivity index (χ2v) is 3.99. The van der Waals surface area contributed by atoms with E-state index in [1.807, 2.05) is 7.05 Å². The zero-order valence-electron chi connectivity index (χ0n) is 7.65. The van der Waals surface area contributed by atoms with Crippen LogP contribution < -0.4 is 4.90 Å². The Morgan fingerprint density at radius 2 is 2.15 bits per heavy atom. The van der Waals surface area contributed by atoms with Crippen molar-refractivity contribution >= 4 is 17.4 Å². The maximum Gasteiger partial charge on any atom is 0.147 e. The predicted molar refractivity (Wildman–Crippen MR) is 52.1 cm³/mol. The van der Waals surface area contributed by atoms with Crippen LogP contribution in [0.1, 0.15) is 12.8 Å². The SMILES string of the molecule is Cn1nncc1N1CCC(Cl)CC1. The maximum atomic E-state index is 6.02. The summed E-state index contributed by atoms with van der Waals surface area (Å²) in [5, 5.41) is 8.10. The first-order valence-electron chi connectivity index (χ1n) is 4.51. The summed E-state index contributed by atoms with van der Waals surface area (Å²) < 4.78 is 1.80. The van der Waals surface area contributed by atoms with Crippen LogP contribution in [-0.4, -0.2) is 33.5 Å². The minimum atomic E-state index is 0.345. The third-order valence-electron chi connectivity index (χ3n) is 2.44. The van der Waals surface area contributed by atoms with Crippen molar-refractivity contribution in [2.24, 2.45) is 7.05 Å². The highest BCUT2D eigenvalue weighted by molar-refractivity contribution is 6.20. The minimum Gasteiger partial charge on any atom is -0.355 e. The molecule has 1 fully saturated rings. The van der Waals surface area contributed by atoms with Gasteiger partial charge in [-0.3, -0.25) is 0 Å². The van der Waals surface area contributed by atoms with Crippen molar-refractivity contribution in [3.05, 3.63) is 6.20 Å². The van der Waals surface area contributed by atoms with Gasteiger partial charge >= 0.3 is 0 Å². The zero-order chi connectivity index (χ0) is 9.26. The van der Waals surface area contributed by atoms with Crippen molar-refractivity contribution in [1.29, 1.82) is 0 Å². The van der Waals surface area contributed by atoms with Crippen molar-refractivity contribution < 1.29 is 0 Å². The Morgan fingerprint density at radius 1 is 1.46 bits per heavy atom. The largest absolute Gasteiger partial charge is 0.355 e. The highest BCUT2D eigenvalue weighted by Gasteiger charge is 2.19. The standard InChI is InChI=1S/C8H13ClN4/c1-12-8(6-10-11-12)13-4-2-7(9)3-5-13/h6-7H,2-5H2,1H3. The number of anilines is 1. The topological polar surface area (TPSA) is 34.0 Å². The number of nitrogens with zero attached hydrogens (tertiary/aromatic N) is 4. The average Bonchev–Trinajstić information content (AvgIpc) is 2.53. The van der Waals surface area contributed by atoms with Crippen molar-refractivity contribution in [2.75, 3.05) is 18.0 Å². The number of alkyl halides is 1. The molecule has 2 rings (SSSR count). The Morgan fingerprint density at radius 3 is 2.69 bits per heavy atom. The van der Waals surface area contributed by atoms with E-state index in [0.29, 0.717) is 5.38 Å². The second-order valence-electron chi connectivity index (χ2n) is 3.38. The molecule has 0 amide bonds. The van der Waals surface area contributed by atoms with Gasteiger partial charge in [0.15, 0.2) is 0 Å². The van der Waals surface area contributed by atoms with Crippen LogP contribution in [0.25, 0.3) is 0 Å². The third-order valence-corrected chi connectivity index (χ3v) is 2.88. The Hall–Kier alpha value is -0.770. The molecule has 1 saturated heterocycles. The van der Waals surface area contributed by atoms with E-state index in [4.69, 9.17) is 11.6 Å². The number of hydrogen-bond acceptors (Lipinski definition) is 3. The molecule has 5 heteroatoms. The molecule has 0 bridgehead atoms. The van der Waals surface area contributed by atoms with Gasteiger partial charge in [-0.15, -0.1) is 16.7 Å². The highest BCUT2D eigenvalue weighted by atomic mass is 35.5. The molecule has 4 nitrogen and oxygen atoms in total. The molecule has 0 N–H and O–H groups in total. The van der Waals surface area contributed by atoms with Crippen molar-refractivity contribution in [3.63, 3.8) is 0 Å². The molecule has 2 heterocycles. The lowest BCUT2D eigenvalue weighted by molar-refractivity contribution is 0.566. The number of aromatic nitrogens is 3. The monoisotopic (exact) mass is 200 g/mol.